The number of benzene rings is 1. The van der Waals surface area contributed by atoms with Crippen molar-refractivity contribution in [2.24, 2.45) is 5.41 Å². The molecule has 0 spiro atoms. The first-order chi connectivity index (χ1) is 9.29. The van der Waals surface area contributed by atoms with Gasteiger partial charge in [0.2, 0.25) is 0 Å². The highest BCUT2D eigenvalue weighted by molar-refractivity contribution is 7.80. The minimum Gasteiger partial charge on any atom is -0.490 e. The molecule has 1 aromatic rings. The zero-order valence-corrected chi connectivity index (χ0v) is 12.6. The van der Waals surface area contributed by atoms with Gasteiger partial charge in [0.25, 0.3) is 0 Å². The van der Waals surface area contributed by atoms with Gasteiger partial charge in [0, 0.05) is 5.41 Å². The molecule has 2 nitrogen and oxygen atoms in total. The Morgan fingerprint density at radius 1 is 1.05 bits per heavy atom. The summed E-state index contributed by atoms with van der Waals surface area (Å²) in [5, 5.41) is 0. The maximum atomic E-state index is 6.05. The molecule has 0 aliphatic heterocycles. The molecule has 0 amide bonds. The number of hydrogen-bond acceptors (Lipinski definition) is 3. The van der Waals surface area contributed by atoms with E-state index in [4.69, 9.17) is 9.47 Å². The van der Waals surface area contributed by atoms with Crippen LogP contribution in [0.3, 0.4) is 0 Å². The molecule has 0 aromatic heterocycles. The first-order valence-corrected chi connectivity index (χ1v) is 7.88. The summed E-state index contributed by atoms with van der Waals surface area (Å²) >= 11 is 4.55. The predicted octanol–water partition coefficient (Wildman–Crippen LogP) is 4.34. The lowest BCUT2D eigenvalue weighted by Gasteiger charge is -2.35. The van der Waals surface area contributed by atoms with Crippen molar-refractivity contribution in [1.29, 1.82) is 0 Å². The van der Waals surface area contributed by atoms with Gasteiger partial charge < -0.3 is 9.47 Å². The van der Waals surface area contributed by atoms with Crippen molar-refractivity contribution in [3.05, 3.63) is 24.3 Å². The summed E-state index contributed by atoms with van der Waals surface area (Å²) in [6, 6.07) is 7.92. The lowest BCUT2D eigenvalue weighted by molar-refractivity contribution is 0.117. The average Bonchev–Trinajstić information content (AvgIpc) is 2.48. The van der Waals surface area contributed by atoms with Gasteiger partial charge in [0.05, 0.1) is 13.2 Å². The summed E-state index contributed by atoms with van der Waals surface area (Å²) in [6.07, 6.45) is 6.42. The van der Waals surface area contributed by atoms with Crippen LogP contribution in [0.2, 0.25) is 0 Å². The monoisotopic (exact) mass is 280 g/mol. The topological polar surface area (TPSA) is 18.5 Å². The van der Waals surface area contributed by atoms with Crippen molar-refractivity contribution < 1.29 is 9.47 Å². The van der Waals surface area contributed by atoms with Crippen molar-refractivity contribution in [1.82, 2.24) is 0 Å². The Morgan fingerprint density at radius 3 is 2.26 bits per heavy atom. The smallest absolute Gasteiger partial charge is 0.161 e. The summed E-state index contributed by atoms with van der Waals surface area (Å²) < 4.78 is 11.6. The number of ether oxygens (including phenoxy) is 2. The fourth-order valence-electron chi connectivity index (χ4n) is 2.72. The zero-order valence-electron chi connectivity index (χ0n) is 11.7. The van der Waals surface area contributed by atoms with Gasteiger partial charge in [0.15, 0.2) is 11.5 Å². The van der Waals surface area contributed by atoms with Crippen molar-refractivity contribution in [2.75, 3.05) is 19.0 Å². The highest BCUT2D eigenvalue weighted by atomic mass is 32.1. The molecular weight excluding hydrogens is 256 g/mol. The third-order valence-corrected chi connectivity index (χ3v) is 4.60. The maximum Gasteiger partial charge on any atom is 0.161 e. The minimum atomic E-state index is 0.251. The SMILES string of the molecule is CCOc1ccccc1OCC1(CS)CCCCC1. The van der Waals surface area contributed by atoms with E-state index in [1.165, 1.54) is 32.1 Å². The second kappa shape index (κ2) is 7.09. The molecule has 1 saturated carbocycles. The molecule has 0 saturated heterocycles. The van der Waals surface area contributed by atoms with E-state index in [2.05, 4.69) is 12.6 Å². The first-order valence-electron chi connectivity index (χ1n) is 7.25. The van der Waals surface area contributed by atoms with E-state index >= 15 is 0 Å². The molecule has 0 bridgehead atoms. The lowest BCUT2D eigenvalue weighted by atomic mass is 9.76. The lowest BCUT2D eigenvalue weighted by Crippen LogP contribution is -2.33. The van der Waals surface area contributed by atoms with Crippen LogP contribution >= 0.6 is 12.6 Å². The summed E-state index contributed by atoms with van der Waals surface area (Å²) in [5.41, 5.74) is 0.251. The van der Waals surface area contributed by atoms with E-state index < -0.39 is 0 Å². The fraction of sp³-hybridized carbons (Fsp3) is 0.625. The molecule has 3 heteroatoms. The quantitative estimate of drug-likeness (QED) is 0.781. The highest BCUT2D eigenvalue weighted by Gasteiger charge is 2.31. The van der Waals surface area contributed by atoms with E-state index in [0.717, 1.165) is 23.9 Å². The normalized spacial score (nSPS) is 18.0. The van der Waals surface area contributed by atoms with E-state index in [1.807, 2.05) is 31.2 Å². The van der Waals surface area contributed by atoms with Crippen LogP contribution in [0.25, 0.3) is 0 Å². The minimum absolute atomic E-state index is 0.251. The molecule has 2 rings (SSSR count). The van der Waals surface area contributed by atoms with Gasteiger partial charge >= 0.3 is 0 Å². The standard InChI is InChI=1S/C16H24O2S/c1-2-17-14-8-4-5-9-15(14)18-12-16(13-19)10-6-3-7-11-16/h4-5,8-9,19H,2-3,6-7,10-13H2,1H3. The third-order valence-electron chi connectivity index (χ3n) is 3.93. The number of thiol groups is 1. The van der Waals surface area contributed by atoms with Gasteiger partial charge in [-0.05, 0) is 37.7 Å². The molecule has 106 valence electrons. The zero-order chi connectivity index (χ0) is 13.6. The Hall–Kier alpha value is -0.830. The van der Waals surface area contributed by atoms with Gasteiger partial charge in [-0.1, -0.05) is 31.4 Å². The van der Waals surface area contributed by atoms with E-state index in [0.29, 0.717) is 6.61 Å². The maximum absolute atomic E-state index is 6.05. The van der Waals surface area contributed by atoms with E-state index in [-0.39, 0.29) is 5.41 Å². The highest BCUT2D eigenvalue weighted by Crippen LogP contribution is 2.38. The van der Waals surface area contributed by atoms with Crippen LogP contribution in [-0.4, -0.2) is 19.0 Å². The van der Waals surface area contributed by atoms with Gasteiger partial charge in [-0.15, -0.1) is 0 Å². The molecular formula is C16H24O2S. The van der Waals surface area contributed by atoms with Gasteiger partial charge in [-0.25, -0.2) is 0 Å². The molecule has 0 N–H and O–H groups in total. The molecule has 0 radical (unpaired) electrons. The molecule has 0 unspecified atom stereocenters. The molecule has 1 aliphatic rings. The molecule has 1 fully saturated rings. The van der Waals surface area contributed by atoms with Crippen LogP contribution < -0.4 is 9.47 Å². The predicted molar refractivity (Wildman–Crippen MR) is 82.5 cm³/mol. The summed E-state index contributed by atoms with van der Waals surface area (Å²) in [7, 11) is 0. The summed E-state index contributed by atoms with van der Waals surface area (Å²) in [4.78, 5) is 0. The second-order valence-electron chi connectivity index (χ2n) is 5.39. The second-order valence-corrected chi connectivity index (χ2v) is 5.70. The number of para-hydroxylation sites is 2. The van der Waals surface area contributed by atoms with Crippen molar-refractivity contribution in [2.45, 2.75) is 39.0 Å². The molecule has 19 heavy (non-hydrogen) atoms. The van der Waals surface area contributed by atoms with Gasteiger partial charge in [0.1, 0.15) is 0 Å². The molecule has 0 atom stereocenters. The number of rotatable bonds is 6. The van der Waals surface area contributed by atoms with E-state index in [1.54, 1.807) is 0 Å². The van der Waals surface area contributed by atoms with Crippen molar-refractivity contribution >= 4 is 12.6 Å². The summed E-state index contributed by atoms with van der Waals surface area (Å²) in [5.74, 6) is 2.61. The molecule has 1 aromatic carbocycles. The van der Waals surface area contributed by atoms with Gasteiger partial charge in [-0.3, -0.25) is 0 Å². The number of hydrogen-bond donors (Lipinski definition) is 1. The van der Waals surface area contributed by atoms with Crippen LogP contribution in [0.1, 0.15) is 39.0 Å². The fourth-order valence-corrected chi connectivity index (χ4v) is 3.13. The first kappa shape index (κ1) is 14.6. The third kappa shape index (κ3) is 3.82. The molecule has 1 aliphatic carbocycles. The van der Waals surface area contributed by atoms with Crippen molar-refractivity contribution in [3.63, 3.8) is 0 Å². The van der Waals surface area contributed by atoms with Gasteiger partial charge in [-0.2, -0.15) is 12.6 Å². The average molecular weight is 280 g/mol. The van der Waals surface area contributed by atoms with Crippen LogP contribution in [-0.2, 0) is 0 Å². The van der Waals surface area contributed by atoms with Crippen molar-refractivity contribution in [3.8, 4) is 11.5 Å². The Bertz CT molecular complexity index is 386. The Labute approximate surface area is 121 Å². The van der Waals surface area contributed by atoms with E-state index in [9.17, 15) is 0 Å². The van der Waals surface area contributed by atoms with Crippen LogP contribution in [0.15, 0.2) is 24.3 Å². The Morgan fingerprint density at radius 2 is 1.68 bits per heavy atom. The van der Waals surface area contributed by atoms with Crippen LogP contribution in [0.4, 0.5) is 0 Å². The Kier molecular flexibility index (Phi) is 5.44. The largest absolute Gasteiger partial charge is 0.490 e. The summed E-state index contributed by atoms with van der Waals surface area (Å²) in [6.45, 7) is 3.41. The molecule has 0 heterocycles. The van der Waals surface area contributed by atoms with Crippen LogP contribution in [0, 0.1) is 5.41 Å². The van der Waals surface area contributed by atoms with Crippen LogP contribution in [0.5, 0.6) is 11.5 Å². The Balaban J connectivity index is 2.00.